The lowest BCUT2D eigenvalue weighted by atomic mass is 10.2. The van der Waals surface area contributed by atoms with Crippen molar-refractivity contribution in [2.24, 2.45) is 5.73 Å². The van der Waals surface area contributed by atoms with E-state index in [-0.39, 0.29) is 11.9 Å². The molecular formula is C24H31N3O4. The van der Waals surface area contributed by atoms with Crippen LogP contribution >= 0.6 is 0 Å². The minimum absolute atomic E-state index is 0.208. The van der Waals surface area contributed by atoms with E-state index in [0.717, 1.165) is 25.3 Å². The maximum absolute atomic E-state index is 10.7. The fraction of sp³-hybridized carbons (Fsp3) is 0.167. The second-order valence-corrected chi connectivity index (χ2v) is 5.20. The molecule has 166 valence electrons. The highest BCUT2D eigenvalue weighted by atomic mass is 16.5. The first-order valence-corrected chi connectivity index (χ1v) is 9.03. The highest BCUT2D eigenvalue weighted by Crippen LogP contribution is 2.08. The summed E-state index contributed by atoms with van der Waals surface area (Å²) < 4.78 is 4.17. The minimum Gasteiger partial charge on any atom is -0.435 e. The lowest BCUT2D eigenvalue weighted by Gasteiger charge is -2.05. The third kappa shape index (κ3) is 25.8. The molecule has 1 aliphatic heterocycles. The topological polar surface area (TPSA) is 113 Å². The molecule has 0 unspecified atom stereocenters. The molecule has 31 heavy (non-hydrogen) atoms. The molecule has 1 aliphatic rings. The number of rotatable bonds is 4. The summed E-state index contributed by atoms with van der Waals surface area (Å²) in [5.74, 6) is -0.602. The van der Waals surface area contributed by atoms with Gasteiger partial charge in [-0.2, -0.15) is 5.26 Å². The molecule has 1 aromatic carbocycles. The molecule has 0 aromatic heterocycles. The number of nitriles is 1. The Bertz CT molecular complexity index is 750. The number of carbonyl (C=O) groups excluding carboxylic acids is 3. The van der Waals surface area contributed by atoms with E-state index in [4.69, 9.17) is 5.26 Å². The Morgan fingerprint density at radius 3 is 1.84 bits per heavy atom. The van der Waals surface area contributed by atoms with E-state index in [0.29, 0.717) is 6.42 Å². The smallest absolute Gasteiger partial charge is 0.307 e. The van der Waals surface area contributed by atoms with Crippen LogP contribution < -0.4 is 5.73 Å². The number of ether oxygens (including phenoxy) is 1. The van der Waals surface area contributed by atoms with Crippen LogP contribution in [0.3, 0.4) is 0 Å². The van der Waals surface area contributed by atoms with E-state index in [1.165, 1.54) is 18.6 Å². The van der Waals surface area contributed by atoms with Crippen molar-refractivity contribution in [2.45, 2.75) is 19.8 Å². The van der Waals surface area contributed by atoms with Crippen LogP contribution in [0.2, 0.25) is 0 Å². The minimum atomic E-state index is -0.481. The van der Waals surface area contributed by atoms with Crippen LogP contribution in [0.25, 0.3) is 6.08 Å². The molecule has 1 heterocycles. The fourth-order valence-corrected chi connectivity index (χ4v) is 1.57. The van der Waals surface area contributed by atoms with Gasteiger partial charge in [0.05, 0.1) is 12.3 Å². The van der Waals surface area contributed by atoms with Crippen LogP contribution in [0, 0.1) is 11.3 Å². The van der Waals surface area contributed by atoms with Gasteiger partial charge in [0.25, 0.3) is 0 Å². The van der Waals surface area contributed by atoms with Crippen LogP contribution in [-0.2, 0) is 19.1 Å². The first-order valence-electron chi connectivity index (χ1n) is 9.03. The first-order chi connectivity index (χ1) is 14.7. The maximum atomic E-state index is 10.7. The molecule has 7 heteroatoms. The fourth-order valence-electron chi connectivity index (χ4n) is 1.57. The average molecular weight is 426 g/mol. The van der Waals surface area contributed by atoms with Gasteiger partial charge in [0, 0.05) is 26.0 Å². The molecule has 2 amide bonds. The largest absolute Gasteiger partial charge is 0.435 e. The summed E-state index contributed by atoms with van der Waals surface area (Å²) in [6.07, 6.45) is 8.45. The molecule has 0 atom stereocenters. The maximum Gasteiger partial charge on any atom is 0.307 e. The van der Waals surface area contributed by atoms with Gasteiger partial charge < -0.3 is 15.4 Å². The van der Waals surface area contributed by atoms with Gasteiger partial charge in [-0.1, -0.05) is 69.3 Å². The van der Waals surface area contributed by atoms with Crippen molar-refractivity contribution in [1.82, 2.24) is 4.90 Å². The summed E-state index contributed by atoms with van der Waals surface area (Å²) in [7, 11) is 0. The van der Waals surface area contributed by atoms with Crippen LogP contribution in [0.4, 0.5) is 0 Å². The van der Waals surface area contributed by atoms with Gasteiger partial charge in [0.1, 0.15) is 0 Å². The molecule has 0 radical (unpaired) electrons. The van der Waals surface area contributed by atoms with E-state index in [1.54, 1.807) is 17.2 Å². The van der Waals surface area contributed by atoms with Crippen molar-refractivity contribution in [1.29, 1.82) is 5.26 Å². The molecule has 0 saturated carbocycles. The van der Waals surface area contributed by atoms with E-state index in [2.05, 4.69) is 43.4 Å². The Morgan fingerprint density at radius 2 is 1.68 bits per heavy atom. The van der Waals surface area contributed by atoms with Gasteiger partial charge in [-0.05, 0) is 24.3 Å². The SMILES string of the molecule is C=CC#N.C=CC(N)=O.C=CN1CCCC1=O.C=COC(C)=O.C=Cc1ccccc1. The summed E-state index contributed by atoms with van der Waals surface area (Å²) in [5.41, 5.74) is 5.71. The first kappa shape index (κ1) is 31.5. The number of allylic oxidation sites excluding steroid dienone is 1. The Hall–Kier alpha value is -4.18. The van der Waals surface area contributed by atoms with Crippen LogP contribution in [0.5, 0.6) is 0 Å². The Morgan fingerprint density at radius 1 is 1.16 bits per heavy atom. The van der Waals surface area contributed by atoms with Crippen LogP contribution in [0.15, 0.2) is 87.8 Å². The number of benzene rings is 1. The number of nitrogens with two attached hydrogens (primary N) is 1. The normalized spacial score (nSPS) is 10.1. The van der Waals surface area contributed by atoms with Gasteiger partial charge in [0.15, 0.2) is 0 Å². The van der Waals surface area contributed by atoms with E-state index in [1.807, 2.05) is 36.4 Å². The number of primary amides is 1. The predicted molar refractivity (Wildman–Crippen MR) is 125 cm³/mol. The third-order valence-corrected chi connectivity index (χ3v) is 2.91. The van der Waals surface area contributed by atoms with Crippen LogP contribution in [0.1, 0.15) is 25.3 Å². The van der Waals surface area contributed by atoms with Crippen molar-refractivity contribution in [3.05, 3.63) is 93.4 Å². The second-order valence-electron chi connectivity index (χ2n) is 5.20. The Kier molecular flexibility index (Phi) is 24.3. The van der Waals surface area contributed by atoms with Crippen molar-refractivity contribution in [3.63, 3.8) is 0 Å². The van der Waals surface area contributed by atoms with E-state index in [9.17, 15) is 14.4 Å². The van der Waals surface area contributed by atoms with Gasteiger partial charge in [-0.3, -0.25) is 14.4 Å². The molecular weight excluding hydrogens is 394 g/mol. The zero-order valence-corrected chi connectivity index (χ0v) is 18.0. The number of nitrogens with zero attached hydrogens (tertiary/aromatic N) is 2. The van der Waals surface area contributed by atoms with Crippen molar-refractivity contribution >= 4 is 23.9 Å². The Balaban J connectivity index is -0.000000325. The molecule has 0 bridgehead atoms. The van der Waals surface area contributed by atoms with Gasteiger partial charge in [-0.25, -0.2) is 0 Å². The lowest BCUT2D eigenvalue weighted by molar-refractivity contribution is -0.135. The summed E-state index contributed by atoms with van der Waals surface area (Å²) in [4.78, 5) is 31.5. The number of likely N-dealkylation sites (tertiary alicyclic amines) is 1. The summed E-state index contributed by atoms with van der Waals surface area (Å²) >= 11 is 0. The lowest BCUT2D eigenvalue weighted by Crippen LogP contribution is -2.16. The molecule has 1 fully saturated rings. The highest BCUT2D eigenvalue weighted by molar-refractivity contribution is 5.85. The highest BCUT2D eigenvalue weighted by Gasteiger charge is 2.15. The van der Waals surface area contributed by atoms with Crippen LogP contribution in [-0.4, -0.2) is 29.2 Å². The van der Waals surface area contributed by atoms with Gasteiger partial charge in [0.2, 0.25) is 11.8 Å². The summed E-state index contributed by atoms with van der Waals surface area (Å²) in [6.45, 7) is 18.7. The summed E-state index contributed by atoms with van der Waals surface area (Å²) in [5, 5.41) is 7.51. The zero-order valence-electron chi connectivity index (χ0n) is 18.0. The predicted octanol–water partition coefficient (Wildman–Crippen LogP) is 4.13. The van der Waals surface area contributed by atoms with Crippen molar-refractivity contribution in [2.75, 3.05) is 6.54 Å². The molecule has 2 N–H and O–H groups in total. The molecule has 7 nitrogen and oxygen atoms in total. The molecule has 2 rings (SSSR count). The third-order valence-electron chi connectivity index (χ3n) is 2.91. The standard InChI is InChI=1S/C8H8.C6H9NO.C4H6O2.C3H5NO.C3H3N/c1-2-8-6-4-3-5-7-8;1-2-7-5-3-4-6(7)8;1-3-6-4(2)5;1-2-3(4)5;1-2-3-4/h2-7H,1H2;2H,1,3-5H2;3H,1H2,2H3;2H,1H2,(H2,4,5);2H,1H2. The average Bonchev–Trinajstić information content (AvgIpc) is 3.20. The van der Waals surface area contributed by atoms with E-state index >= 15 is 0 Å². The molecule has 0 aliphatic carbocycles. The number of amides is 2. The number of carbonyl (C=O) groups is 3. The Labute approximate surface area is 185 Å². The zero-order chi connectivity index (χ0) is 24.5. The van der Waals surface area contributed by atoms with Crippen molar-refractivity contribution in [3.8, 4) is 6.07 Å². The number of hydrogen-bond donors (Lipinski definition) is 1. The number of hydrogen-bond acceptors (Lipinski definition) is 5. The quantitative estimate of drug-likeness (QED) is 0.337. The van der Waals surface area contributed by atoms with Crippen molar-refractivity contribution < 1.29 is 19.1 Å². The van der Waals surface area contributed by atoms with Gasteiger partial charge in [-0.15, -0.1) is 0 Å². The van der Waals surface area contributed by atoms with E-state index < -0.39 is 5.91 Å². The van der Waals surface area contributed by atoms with Gasteiger partial charge >= 0.3 is 5.97 Å². The monoisotopic (exact) mass is 425 g/mol. The molecule has 1 aromatic rings. The molecule has 1 saturated heterocycles. The summed E-state index contributed by atoms with van der Waals surface area (Å²) in [6, 6.07) is 11.7. The molecule has 0 spiro atoms. The second kappa shape index (κ2) is 23.9. The number of esters is 1.